The summed E-state index contributed by atoms with van der Waals surface area (Å²) < 4.78 is 23.4. The quantitative estimate of drug-likeness (QED) is 0.542. The van der Waals surface area contributed by atoms with E-state index in [4.69, 9.17) is 0 Å². The second-order valence-electron chi connectivity index (χ2n) is 10.9. The average Bonchev–Trinajstić information content (AvgIpc) is 3.71. The number of likely N-dealkylation sites (tertiary alicyclic amines) is 2. The van der Waals surface area contributed by atoms with Gasteiger partial charge < -0.3 is 15.1 Å². The highest BCUT2D eigenvalue weighted by molar-refractivity contribution is 7.90. The summed E-state index contributed by atoms with van der Waals surface area (Å²) in [6, 6.07) is 12.6. The predicted molar refractivity (Wildman–Crippen MR) is 140 cm³/mol. The Labute approximate surface area is 219 Å². The molecule has 3 aliphatic rings. The molecule has 1 spiro atoms. The highest BCUT2D eigenvalue weighted by Crippen LogP contribution is 2.42. The lowest BCUT2D eigenvalue weighted by atomic mass is 9.77. The topological polar surface area (TPSA) is 99.7 Å². The lowest BCUT2D eigenvalue weighted by Gasteiger charge is -2.38. The van der Waals surface area contributed by atoms with Gasteiger partial charge in [-0.2, -0.15) is 0 Å². The van der Waals surface area contributed by atoms with Crippen molar-refractivity contribution in [2.75, 3.05) is 32.4 Å². The molecule has 2 aromatic rings. The second-order valence-corrected chi connectivity index (χ2v) is 12.9. The van der Waals surface area contributed by atoms with Crippen LogP contribution in [0.3, 0.4) is 0 Å². The van der Waals surface area contributed by atoms with Crippen molar-refractivity contribution in [1.29, 1.82) is 0 Å². The molecule has 3 fully saturated rings. The van der Waals surface area contributed by atoms with Gasteiger partial charge >= 0.3 is 0 Å². The number of nitrogens with one attached hydrogen (secondary N) is 1. The molecule has 1 aromatic carbocycles. The minimum Gasteiger partial charge on any atom is -0.347 e. The molecule has 8 nitrogen and oxygen atoms in total. The maximum absolute atomic E-state index is 13.4. The highest BCUT2D eigenvalue weighted by Gasteiger charge is 2.47. The van der Waals surface area contributed by atoms with E-state index in [1.807, 2.05) is 23.1 Å². The number of hydrogen-bond donors (Lipinski definition) is 1. The van der Waals surface area contributed by atoms with Crippen molar-refractivity contribution in [1.82, 2.24) is 20.1 Å². The maximum atomic E-state index is 13.4. The molecule has 37 heavy (non-hydrogen) atoms. The van der Waals surface area contributed by atoms with E-state index in [-0.39, 0.29) is 29.2 Å². The first-order valence-corrected chi connectivity index (χ1v) is 15.1. The van der Waals surface area contributed by atoms with Crippen LogP contribution in [-0.4, -0.2) is 67.5 Å². The van der Waals surface area contributed by atoms with E-state index in [9.17, 15) is 18.0 Å². The molecule has 198 valence electrons. The Kier molecular flexibility index (Phi) is 7.36. The summed E-state index contributed by atoms with van der Waals surface area (Å²) >= 11 is 0. The second kappa shape index (κ2) is 10.5. The predicted octanol–water partition coefficient (Wildman–Crippen LogP) is 2.96. The normalized spacial score (nSPS) is 20.8. The molecule has 1 unspecified atom stereocenters. The van der Waals surface area contributed by atoms with Crippen LogP contribution in [-0.2, 0) is 26.0 Å². The van der Waals surface area contributed by atoms with Crippen molar-refractivity contribution in [3.8, 4) is 0 Å². The summed E-state index contributed by atoms with van der Waals surface area (Å²) in [4.78, 5) is 35.0. The largest absolute Gasteiger partial charge is 0.347 e. The third-order valence-corrected chi connectivity index (χ3v) is 9.31. The molecule has 0 radical (unpaired) electrons. The average molecular weight is 525 g/mol. The summed E-state index contributed by atoms with van der Waals surface area (Å²) in [6.07, 6.45) is 8.29. The van der Waals surface area contributed by atoms with Crippen LogP contribution in [0.15, 0.2) is 53.6 Å². The van der Waals surface area contributed by atoms with E-state index >= 15 is 0 Å². The Morgan fingerprint density at radius 2 is 1.78 bits per heavy atom. The molecule has 1 atom stereocenters. The number of amides is 2. The summed E-state index contributed by atoms with van der Waals surface area (Å²) in [5.41, 5.74) is 1.56. The molecule has 1 aromatic heterocycles. The standard InChI is InChI=1S/C28H36N4O4S/c1-37(35,36)23-9-5-21(6-10-23)20-32-19-14-28(27(32)34)12-17-31(18-13-28)16-11-25(24-4-2-3-15-29-24)30-26(33)22-7-8-22/h2-6,9-10,15,22,25H,7-8,11-14,16-20H2,1H3,(H,30,33). The number of hydrogen-bond acceptors (Lipinski definition) is 6. The van der Waals surface area contributed by atoms with Crippen molar-refractivity contribution < 1.29 is 18.0 Å². The van der Waals surface area contributed by atoms with E-state index < -0.39 is 9.84 Å². The Morgan fingerprint density at radius 3 is 2.41 bits per heavy atom. The molecular formula is C28H36N4O4S. The first-order valence-electron chi connectivity index (χ1n) is 13.3. The fourth-order valence-electron chi connectivity index (χ4n) is 5.60. The molecule has 1 N–H and O–H groups in total. The van der Waals surface area contributed by atoms with Crippen LogP contribution in [0.1, 0.15) is 55.8 Å². The summed E-state index contributed by atoms with van der Waals surface area (Å²) in [5, 5.41) is 3.21. The van der Waals surface area contributed by atoms with Gasteiger partial charge in [0.1, 0.15) is 0 Å². The molecule has 2 aliphatic heterocycles. The molecule has 3 heterocycles. The molecular weight excluding hydrogens is 488 g/mol. The van der Waals surface area contributed by atoms with Crippen molar-refractivity contribution in [3.05, 3.63) is 59.9 Å². The maximum Gasteiger partial charge on any atom is 0.229 e. The smallest absolute Gasteiger partial charge is 0.229 e. The molecule has 5 rings (SSSR count). The van der Waals surface area contributed by atoms with E-state index in [0.717, 1.165) is 76.0 Å². The van der Waals surface area contributed by atoms with Gasteiger partial charge in [0.25, 0.3) is 0 Å². The third kappa shape index (κ3) is 6.04. The van der Waals surface area contributed by atoms with Crippen LogP contribution in [0, 0.1) is 11.3 Å². The zero-order valence-electron chi connectivity index (χ0n) is 21.4. The number of nitrogens with zero attached hydrogens (tertiary/aromatic N) is 3. The zero-order valence-corrected chi connectivity index (χ0v) is 22.3. The van der Waals surface area contributed by atoms with Crippen LogP contribution >= 0.6 is 0 Å². The summed E-state index contributed by atoms with van der Waals surface area (Å²) in [5.74, 6) is 0.522. The van der Waals surface area contributed by atoms with E-state index in [1.54, 1.807) is 30.5 Å². The van der Waals surface area contributed by atoms with Crippen molar-refractivity contribution in [2.45, 2.75) is 56.0 Å². The fourth-order valence-corrected chi connectivity index (χ4v) is 6.23. The van der Waals surface area contributed by atoms with Gasteiger partial charge in [0.15, 0.2) is 9.84 Å². The molecule has 0 bridgehead atoms. The Bertz CT molecular complexity index is 1220. The van der Waals surface area contributed by atoms with Crippen LogP contribution in [0.4, 0.5) is 0 Å². The van der Waals surface area contributed by atoms with E-state index in [2.05, 4.69) is 15.2 Å². The van der Waals surface area contributed by atoms with E-state index in [0.29, 0.717) is 11.4 Å². The molecule has 1 aliphatic carbocycles. The number of pyridine rings is 1. The SMILES string of the molecule is CS(=O)(=O)c1ccc(CN2CCC3(CCN(CCC(NC(=O)C4CC4)c4ccccn4)CC3)C2=O)cc1. The van der Waals surface area contributed by atoms with Crippen LogP contribution in [0.5, 0.6) is 0 Å². The lowest BCUT2D eigenvalue weighted by molar-refractivity contribution is -0.139. The summed E-state index contributed by atoms with van der Waals surface area (Å²) in [6.45, 7) is 3.84. The number of sulfone groups is 1. The van der Waals surface area contributed by atoms with Gasteiger partial charge in [-0.1, -0.05) is 18.2 Å². The first kappa shape index (κ1) is 25.9. The van der Waals surface area contributed by atoms with Crippen LogP contribution < -0.4 is 5.32 Å². The highest BCUT2D eigenvalue weighted by atomic mass is 32.2. The first-order chi connectivity index (χ1) is 17.7. The third-order valence-electron chi connectivity index (χ3n) is 8.18. The number of carbonyl (C=O) groups is 2. The van der Waals surface area contributed by atoms with Crippen molar-refractivity contribution in [2.24, 2.45) is 11.3 Å². The van der Waals surface area contributed by atoms with Crippen LogP contribution in [0.25, 0.3) is 0 Å². The van der Waals surface area contributed by atoms with Gasteiger partial charge in [0, 0.05) is 38.0 Å². The lowest BCUT2D eigenvalue weighted by Crippen LogP contribution is -2.45. The van der Waals surface area contributed by atoms with Crippen molar-refractivity contribution >= 4 is 21.7 Å². The van der Waals surface area contributed by atoms with Gasteiger partial charge in [-0.3, -0.25) is 14.6 Å². The number of piperidine rings is 1. The fraction of sp³-hybridized carbons (Fsp3) is 0.536. The van der Waals surface area contributed by atoms with Crippen LogP contribution in [0.2, 0.25) is 0 Å². The minimum atomic E-state index is -3.23. The Morgan fingerprint density at radius 1 is 1.08 bits per heavy atom. The zero-order chi connectivity index (χ0) is 26.0. The van der Waals surface area contributed by atoms with Gasteiger partial charge in [-0.15, -0.1) is 0 Å². The van der Waals surface area contributed by atoms with Gasteiger partial charge in [-0.25, -0.2) is 8.42 Å². The molecule has 9 heteroatoms. The summed E-state index contributed by atoms with van der Waals surface area (Å²) in [7, 11) is -3.23. The van der Waals surface area contributed by atoms with E-state index in [1.165, 1.54) is 6.26 Å². The number of aromatic nitrogens is 1. The number of carbonyl (C=O) groups excluding carboxylic acids is 2. The van der Waals surface area contributed by atoms with Crippen molar-refractivity contribution in [3.63, 3.8) is 0 Å². The van der Waals surface area contributed by atoms with Gasteiger partial charge in [-0.05, 0) is 81.4 Å². The number of benzene rings is 1. The Hall–Kier alpha value is -2.78. The van der Waals surface area contributed by atoms with Gasteiger partial charge in [0.05, 0.1) is 22.0 Å². The monoisotopic (exact) mass is 524 g/mol. The minimum absolute atomic E-state index is 0.0946. The Balaban J connectivity index is 1.14. The number of rotatable bonds is 9. The molecule has 1 saturated carbocycles. The molecule has 2 amide bonds. The molecule has 2 saturated heterocycles. The van der Waals surface area contributed by atoms with Gasteiger partial charge in [0.2, 0.25) is 11.8 Å².